The summed E-state index contributed by atoms with van der Waals surface area (Å²) in [6.45, 7) is 0.531. The molecule has 0 atom stereocenters. The van der Waals surface area contributed by atoms with Crippen LogP contribution < -0.4 is 17.0 Å². The van der Waals surface area contributed by atoms with Crippen LogP contribution >= 0.6 is 11.3 Å². The van der Waals surface area contributed by atoms with Crippen molar-refractivity contribution in [3.8, 4) is 0 Å². The zero-order valence-corrected chi connectivity index (χ0v) is 9.46. The van der Waals surface area contributed by atoms with Crippen molar-refractivity contribution < 1.29 is 26.9 Å². The number of aryl methyl sites for hydroxylation is 1. The van der Waals surface area contributed by atoms with Crippen LogP contribution in [0.15, 0.2) is 29.9 Å². The van der Waals surface area contributed by atoms with E-state index in [1.165, 1.54) is 10.1 Å². The summed E-state index contributed by atoms with van der Waals surface area (Å²) in [5.41, 5.74) is 0. The minimum absolute atomic E-state index is 0. The summed E-state index contributed by atoms with van der Waals surface area (Å²) in [6.07, 6.45) is 4.07. The molecule has 80 valence electrons. The van der Waals surface area contributed by atoms with Crippen LogP contribution in [0.3, 0.4) is 0 Å². The summed E-state index contributed by atoms with van der Waals surface area (Å²) in [4.78, 5) is 10.4. The zero-order valence-electron chi connectivity index (χ0n) is 7.89. The van der Waals surface area contributed by atoms with E-state index < -0.39 is 5.97 Å². The van der Waals surface area contributed by atoms with E-state index in [9.17, 15) is 4.79 Å². The first-order valence-electron chi connectivity index (χ1n) is 4.34. The van der Waals surface area contributed by atoms with E-state index >= 15 is 0 Å². The summed E-state index contributed by atoms with van der Waals surface area (Å²) in [7, 11) is 0. The van der Waals surface area contributed by atoms with Gasteiger partial charge in [-0.15, -0.1) is 11.3 Å². The van der Waals surface area contributed by atoms with Crippen molar-refractivity contribution in [3.63, 3.8) is 0 Å². The fraction of sp³-hybridized carbons (Fsp3) is 0.200. The van der Waals surface area contributed by atoms with Gasteiger partial charge in [-0.3, -0.25) is 4.79 Å². The molecule has 3 nitrogen and oxygen atoms in total. The molecule has 2 heterocycles. The van der Waals surface area contributed by atoms with E-state index in [4.69, 9.17) is 5.11 Å². The maximum absolute atomic E-state index is 10.4. The van der Waals surface area contributed by atoms with Crippen molar-refractivity contribution in [1.29, 1.82) is 0 Å². The lowest BCUT2D eigenvalue weighted by Gasteiger charge is -1.93. The molecule has 0 spiro atoms. The van der Waals surface area contributed by atoms with Crippen molar-refractivity contribution in [3.05, 3.63) is 29.9 Å². The third-order valence-electron chi connectivity index (χ3n) is 2.04. The topological polar surface area (TPSA) is 41.2 Å². The molecule has 2 aromatic rings. The number of aromatic nitrogens is 1. The number of aliphatic carboxylic acids is 1. The van der Waals surface area contributed by atoms with Crippen molar-refractivity contribution in [1.82, 2.24) is 0 Å². The third kappa shape index (κ3) is 2.91. The fourth-order valence-electron chi connectivity index (χ4n) is 1.31. The Labute approximate surface area is 97.4 Å². The lowest BCUT2D eigenvalue weighted by Crippen LogP contribution is -3.00. The van der Waals surface area contributed by atoms with Gasteiger partial charge in [-0.1, -0.05) is 0 Å². The van der Waals surface area contributed by atoms with Crippen molar-refractivity contribution in [2.75, 3.05) is 0 Å². The van der Waals surface area contributed by atoms with Gasteiger partial charge in [-0.2, -0.15) is 0 Å². The number of rotatable bonds is 3. The van der Waals surface area contributed by atoms with Gasteiger partial charge in [0, 0.05) is 11.5 Å². The van der Waals surface area contributed by atoms with E-state index in [1.54, 1.807) is 11.3 Å². The predicted molar refractivity (Wildman–Crippen MR) is 54.3 cm³/mol. The minimum atomic E-state index is -0.760. The van der Waals surface area contributed by atoms with Crippen LogP contribution in [0.4, 0.5) is 0 Å². The molecule has 0 bridgehead atoms. The Kier molecular flexibility index (Phi) is 4.05. The van der Waals surface area contributed by atoms with Crippen LogP contribution in [0.25, 0.3) is 10.1 Å². The molecule has 2 rings (SSSR count). The molecule has 0 unspecified atom stereocenters. The van der Waals surface area contributed by atoms with Gasteiger partial charge in [0.2, 0.25) is 0 Å². The van der Waals surface area contributed by atoms with Crippen molar-refractivity contribution in [2.45, 2.75) is 13.0 Å². The van der Waals surface area contributed by atoms with E-state index in [-0.39, 0.29) is 18.8 Å². The number of nitrogens with zero attached hydrogens (tertiary/aromatic N) is 1. The summed E-state index contributed by atoms with van der Waals surface area (Å²) in [5.74, 6) is -0.760. The molecule has 0 radical (unpaired) electrons. The molecule has 1 N–H and O–H groups in total. The van der Waals surface area contributed by atoms with Gasteiger partial charge in [0.15, 0.2) is 18.9 Å². The highest BCUT2D eigenvalue weighted by Gasteiger charge is 2.06. The Morgan fingerprint density at radius 3 is 3.00 bits per heavy atom. The van der Waals surface area contributed by atoms with Crippen LogP contribution in [-0.4, -0.2) is 11.1 Å². The first-order chi connectivity index (χ1) is 6.75. The maximum Gasteiger partial charge on any atom is 0.309 e. The molecule has 0 aliphatic heterocycles. The maximum atomic E-state index is 10.4. The van der Waals surface area contributed by atoms with Crippen LogP contribution in [0, 0.1) is 0 Å². The van der Waals surface area contributed by atoms with Crippen LogP contribution in [0.1, 0.15) is 6.42 Å². The predicted octanol–water partition coefficient (Wildman–Crippen LogP) is -1.33. The molecule has 2 aromatic heterocycles. The summed E-state index contributed by atoms with van der Waals surface area (Å²) in [5, 5.41) is 11.8. The largest absolute Gasteiger partial charge is 1.00 e. The summed E-state index contributed by atoms with van der Waals surface area (Å²) >= 11 is 1.67. The Balaban J connectivity index is 0.00000112. The summed E-state index contributed by atoms with van der Waals surface area (Å²) in [6, 6.07) is 4.06. The number of carboxylic acid groups (broad SMARTS) is 1. The van der Waals surface area contributed by atoms with Crippen molar-refractivity contribution >= 4 is 27.4 Å². The zero-order chi connectivity index (χ0) is 9.97. The Hall–Kier alpha value is -1.13. The summed E-state index contributed by atoms with van der Waals surface area (Å²) < 4.78 is 3.10. The molecule has 0 aliphatic carbocycles. The van der Waals surface area contributed by atoms with E-state index in [1.807, 2.05) is 28.4 Å². The number of carboxylic acids is 1. The second kappa shape index (κ2) is 5.09. The molecule has 0 saturated carbocycles. The monoisotopic (exact) mass is 243 g/mol. The Morgan fingerprint density at radius 2 is 2.27 bits per heavy atom. The smallest absolute Gasteiger partial charge is 0.309 e. The average molecular weight is 244 g/mol. The first kappa shape index (κ1) is 11.9. The Bertz CT molecular complexity index is 469. The number of fused-ring (bicyclic) bond motifs is 1. The van der Waals surface area contributed by atoms with Gasteiger partial charge in [0.25, 0.3) is 0 Å². The van der Waals surface area contributed by atoms with E-state index in [0.717, 1.165) is 0 Å². The van der Waals surface area contributed by atoms with Crippen LogP contribution in [0.5, 0.6) is 0 Å². The standard InChI is InChI=1S/C10H9NO2S.ClH/c12-10(13)2-5-11-4-1-8-3-6-14-9(8)7-11;/h1,3-4,6-7H,2,5H2;1H. The van der Waals surface area contributed by atoms with Crippen LogP contribution in [0.2, 0.25) is 0 Å². The minimum Gasteiger partial charge on any atom is -1.00 e. The molecular formula is C10H10ClNO2S. The van der Waals surface area contributed by atoms with Gasteiger partial charge in [0.1, 0.15) is 6.42 Å². The molecule has 5 heteroatoms. The molecule has 0 saturated heterocycles. The van der Waals surface area contributed by atoms with Gasteiger partial charge in [0.05, 0.1) is 4.70 Å². The quantitative estimate of drug-likeness (QED) is 0.679. The van der Waals surface area contributed by atoms with Crippen LogP contribution in [-0.2, 0) is 11.3 Å². The second-order valence-corrected chi connectivity index (χ2v) is 4.01. The Morgan fingerprint density at radius 1 is 1.47 bits per heavy atom. The molecule has 0 aromatic carbocycles. The SMILES string of the molecule is O=C(O)CC[n+]1ccc2ccsc2c1.[Cl-]. The molecule has 0 aliphatic rings. The molecule has 0 fully saturated rings. The van der Waals surface area contributed by atoms with E-state index in [0.29, 0.717) is 6.54 Å². The average Bonchev–Trinajstić information content (AvgIpc) is 2.61. The van der Waals surface area contributed by atoms with Gasteiger partial charge < -0.3 is 17.5 Å². The highest BCUT2D eigenvalue weighted by atomic mass is 35.5. The number of hydrogen-bond donors (Lipinski definition) is 1. The highest BCUT2D eigenvalue weighted by molar-refractivity contribution is 7.17. The normalized spacial score (nSPS) is 9.87. The number of pyridine rings is 1. The van der Waals surface area contributed by atoms with Gasteiger partial charge in [-0.05, 0) is 11.4 Å². The second-order valence-electron chi connectivity index (χ2n) is 3.07. The molecule has 0 amide bonds. The lowest BCUT2D eigenvalue weighted by molar-refractivity contribution is -0.694. The number of halogens is 1. The van der Waals surface area contributed by atoms with E-state index in [2.05, 4.69) is 6.07 Å². The third-order valence-corrected chi connectivity index (χ3v) is 2.91. The number of hydrogen-bond acceptors (Lipinski definition) is 2. The van der Waals surface area contributed by atoms with Crippen molar-refractivity contribution in [2.24, 2.45) is 0 Å². The molecular weight excluding hydrogens is 234 g/mol. The fourth-order valence-corrected chi connectivity index (χ4v) is 2.14. The highest BCUT2D eigenvalue weighted by Crippen LogP contribution is 2.17. The van der Waals surface area contributed by atoms with Gasteiger partial charge in [-0.25, -0.2) is 4.57 Å². The van der Waals surface area contributed by atoms with Gasteiger partial charge >= 0.3 is 5.97 Å². The number of carbonyl (C=O) groups is 1. The molecule has 15 heavy (non-hydrogen) atoms. The number of thiophene rings is 1. The lowest BCUT2D eigenvalue weighted by atomic mass is 10.3. The first-order valence-corrected chi connectivity index (χ1v) is 5.22.